The lowest BCUT2D eigenvalue weighted by molar-refractivity contribution is 0.107. The quantitative estimate of drug-likeness (QED) is 0.583. The molecule has 2 aromatic rings. The zero-order chi connectivity index (χ0) is 14.3. The van der Waals surface area contributed by atoms with Gasteiger partial charge in [-0.3, -0.25) is 0 Å². The molecule has 0 saturated heterocycles. The van der Waals surface area contributed by atoms with Crippen LogP contribution in [0.2, 0.25) is 0 Å². The minimum Gasteiger partial charge on any atom is -0.391 e. The molecule has 1 fully saturated rings. The smallest absolute Gasteiger partial charge is 0.178 e. The summed E-state index contributed by atoms with van der Waals surface area (Å²) in [4.78, 5) is 3.10. The van der Waals surface area contributed by atoms with Gasteiger partial charge < -0.3 is 14.7 Å². The largest absolute Gasteiger partial charge is 0.391 e. The lowest BCUT2D eigenvalue weighted by atomic mass is 10.1. The summed E-state index contributed by atoms with van der Waals surface area (Å²) in [5.74, 6) is -0.316. The van der Waals surface area contributed by atoms with E-state index in [1.807, 2.05) is 4.57 Å². The number of rotatable bonds is 1. The summed E-state index contributed by atoms with van der Waals surface area (Å²) in [6, 6.07) is 3.10. The predicted molar refractivity (Wildman–Crippen MR) is 82.9 cm³/mol. The van der Waals surface area contributed by atoms with Crippen LogP contribution in [0.5, 0.6) is 0 Å². The fourth-order valence-corrected chi connectivity index (χ4v) is 3.71. The van der Waals surface area contributed by atoms with E-state index in [1.54, 1.807) is 6.07 Å². The van der Waals surface area contributed by atoms with Gasteiger partial charge in [-0.25, -0.2) is 4.39 Å². The SMILES string of the molecule is OC1CCCCCC1n1c(=S)[nH]c2cc(Br)c(F)cc21. The molecule has 0 spiro atoms. The summed E-state index contributed by atoms with van der Waals surface area (Å²) in [6.07, 6.45) is 4.46. The number of nitrogens with one attached hydrogen (secondary N) is 1. The van der Waals surface area contributed by atoms with Crippen molar-refractivity contribution in [3.05, 3.63) is 27.2 Å². The van der Waals surface area contributed by atoms with Crippen LogP contribution in [0.3, 0.4) is 0 Å². The average Bonchev–Trinajstić information content (AvgIpc) is 2.58. The first-order chi connectivity index (χ1) is 9.58. The fourth-order valence-electron chi connectivity index (χ4n) is 3.02. The first-order valence-electron chi connectivity index (χ1n) is 6.85. The van der Waals surface area contributed by atoms with Crippen LogP contribution in [0.1, 0.15) is 38.1 Å². The van der Waals surface area contributed by atoms with Gasteiger partial charge in [-0.15, -0.1) is 0 Å². The highest BCUT2D eigenvalue weighted by molar-refractivity contribution is 9.10. The molecule has 0 bridgehead atoms. The third kappa shape index (κ3) is 2.44. The number of halogens is 2. The Morgan fingerprint density at radius 3 is 2.85 bits per heavy atom. The Kier molecular flexibility index (Phi) is 3.97. The first kappa shape index (κ1) is 14.2. The molecular weight excluding hydrogens is 343 g/mol. The first-order valence-corrected chi connectivity index (χ1v) is 8.05. The second-order valence-corrected chi connectivity index (χ2v) is 6.60. The maximum absolute atomic E-state index is 13.8. The van der Waals surface area contributed by atoms with Crippen LogP contribution in [-0.4, -0.2) is 20.8 Å². The van der Waals surface area contributed by atoms with Gasteiger partial charge in [0.15, 0.2) is 4.77 Å². The third-order valence-corrected chi connectivity index (χ3v) is 4.94. The Hall–Kier alpha value is -0.720. The molecule has 20 heavy (non-hydrogen) atoms. The minimum absolute atomic E-state index is 0.0701. The molecular formula is C14H16BrFN2OS. The molecule has 2 unspecified atom stereocenters. The summed E-state index contributed by atoms with van der Waals surface area (Å²) in [5.41, 5.74) is 1.52. The van der Waals surface area contributed by atoms with E-state index >= 15 is 0 Å². The van der Waals surface area contributed by atoms with Crippen LogP contribution in [0.15, 0.2) is 16.6 Å². The highest BCUT2D eigenvalue weighted by atomic mass is 79.9. The topological polar surface area (TPSA) is 41.0 Å². The molecule has 1 heterocycles. The summed E-state index contributed by atoms with van der Waals surface area (Å²) in [5, 5.41) is 10.3. The number of benzene rings is 1. The Morgan fingerprint density at radius 2 is 2.05 bits per heavy atom. The zero-order valence-electron chi connectivity index (χ0n) is 10.9. The van der Waals surface area contributed by atoms with Crippen molar-refractivity contribution in [2.24, 2.45) is 0 Å². The van der Waals surface area contributed by atoms with Crippen molar-refractivity contribution in [1.82, 2.24) is 9.55 Å². The van der Waals surface area contributed by atoms with Crippen molar-refractivity contribution in [1.29, 1.82) is 0 Å². The molecule has 3 rings (SSSR count). The van der Waals surface area contributed by atoms with Gasteiger partial charge in [0.1, 0.15) is 5.82 Å². The van der Waals surface area contributed by atoms with Crippen LogP contribution >= 0.6 is 28.1 Å². The number of aromatic amines is 1. The van der Waals surface area contributed by atoms with Crippen LogP contribution < -0.4 is 0 Å². The van der Waals surface area contributed by atoms with E-state index in [4.69, 9.17) is 12.2 Å². The number of fused-ring (bicyclic) bond motifs is 1. The highest BCUT2D eigenvalue weighted by Crippen LogP contribution is 2.32. The molecule has 1 saturated carbocycles. The van der Waals surface area contributed by atoms with Gasteiger partial charge in [-0.05, 0) is 47.1 Å². The van der Waals surface area contributed by atoms with Crippen LogP contribution in [0, 0.1) is 10.6 Å². The Balaban J connectivity index is 2.17. The van der Waals surface area contributed by atoms with Crippen LogP contribution in [0.4, 0.5) is 4.39 Å². The molecule has 3 nitrogen and oxygen atoms in total. The number of hydrogen-bond donors (Lipinski definition) is 2. The number of aliphatic hydroxyl groups excluding tert-OH is 1. The predicted octanol–water partition coefficient (Wildman–Crippen LogP) is 4.47. The average molecular weight is 359 g/mol. The van der Waals surface area contributed by atoms with E-state index in [9.17, 15) is 9.50 Å². The molecule has 108 valence electrons. The molecule has 6 heteroatoms. The number of hydrogen-bond acceptors (Lipinski definition) is 2. The second kappa shape index (κ2) is 5.58. The lowest BCUT2D eigenvalue weighted by Gasteiger charge is -2.22. The van der Waals surface area contributed by atoms with Gasteiger partial charge in [0.05, 0.1) is 27.7 Å². The van der Waals surface area contributed by atoms with Crippen molar-refractivity contribution in [3.8, 4) is 0 Å². The van der Waals surface area contributed by atoms with Crippen molar-refractivity contribution >= 4 is 39.2 Å². The van der Waals surface area contributed by atoms with Crippen LogP contribution in [-0.2, 0) is 0 Å². The Bertz CT molecular complexity index is 696. The molecule has 0 aliphatic heterocycles. The van der Waals surface area contributed by atoms with Gasteiger partial charge in [-0.2, -0.15) is 0 Å². The van der Waals surface area contributed by atoms with E-state index in [2.05, 4.69) is 20.9 Å². The van der Waals surface area contributed by atoms with Crippen molar-refractivity contribution in [2.75, 3.05) is 0 Å². The number of aromatic nitrogens is 2. The van der Waals surface area contributed by atoms with Crippen molar-refractivity contribution < 1.29 is 9.50 Å². The molecule has 1 aliphatic rings. The number of H-pyrrole nitrogens is 1. The van der Waals surface area contributed by atoms with Gasteiger partial charge in [0.2, 0.25) is 0 Å². The zero-order valence-corrected chi connectivity index (χ0v) is 13.3. The Labute approximate surface area is 129 Å². The molecule has 0 radical (unpaired) electrons. The Morgan fingerprint density at radius 1 is 1.30 bits per heavy atom. The van der Waals surface area contributed by atoms with Crippen molar-refractivity contribution in [2.45, 2.75) is 44.2 Å². The summed E-state index contributed by atoms with van der Waals surface area (Å²) < 4.78 is 16.7. The summed E-state index contributed by atoms with van der Waals surface area (Å²) in [7, 11) is 0. The van der Waals surface area contributed by atoms with Gasteiger partial charge in [0, 0.05) is 6.07 Å². The number of nitrogens with zero attached hydrogens (tertiary/aromatic N) is 1. The maximum Gasteiger partial charge on any atom is 0.178 e. The monoisotopic (exact) mass is 358 g/mol. The summed E-state index contributed by atoms with van der Waals surface area (Å²) in [6.45, 7) is 0. The van der Waals surface area contributed by atoms with Gasteiger partial charge >= 0.3 is 0 Å². The van der Waals surface area contributed by atoms with Crippen molar-refractivity contribution in [3.63, 3.8) is 0 Å². The molecule has 0 amide bonds. The molecule has 1 aromatic carbocycles. The standard InChI is InChI=1S/C14H16BrFN2OS/c15-8-6-10-12(7-9(8)16)18(14(20)17-10)11-4-2-1-3-5-13(11)19/h6-7,11,13,19H,1-5H2,(H,17,20). The molecule has 1 aliphatic carbocycles. The third-order valence-electron chi connectivity index (χ3n) is 4.03. The fraction of sp³-hybridized carbons (Fsp3) is 0.500. The number of imidazole rings is 1. The molecule has 2 atom stereocenters. The normalized spacial score (nSPS) is 23.9. The van der Waals surface area contributed by atoms with E-state index in [1.165, 1.54) is 6.07 Å². The van der Waals surface area contributed by atoms with Crippen LogP contribution in [0.25, 0.3) is 11.0 Å². The minimum atomic E-state index is -0.421. The van der Waals surface area contributed by atoms with Gasteiger partial charge in [-0.1, -0.05) is 19.3 Å². The van der Waals surface area contributed by atoms with E-state index in [0.717, 1.165) is 43.1 Å². The van der Waals surface area contributed by atoms with Gasteiger partial charge in [0.25, 0.3) is 0 Å². The number of aliphatic hydroxyl groups is 1. The highest BCUT2D eigenvalue weighted by Gasteiger charge is 2.25. The summed E-state index contributed by atoms with van der Waals surface area (Å²) >= 11 is 8.56. The molecule has 1 aromatic heterocycles. The van der Waals surface area contributed by atoms with E-state index in [-0.39, 0.29) is 11.9 Å². The lowest BCUT2D eigenvalue weighted by Crippen LogP contribution is -2.23. The maximum atomic E-state index is 13.8. The molecule has 2 N–H and O–H groups in total. The second-order valence-electron chi connectivity index (χ2n) is 5.36. The van der Waals surface area contributed by atoms with E-state index in [0.29, 0.717) is 9.24 Å². The van der Waals surface area contributed by atoms with E-state index < -0.39 is 6.10 Å².